The van der Waals surface area contributed by atoms with Gasteiger partial charge in [0, 0.05) is 11.3 Å². The van der Waals surface area contributed by atoms with E-state index in [0.717, 1.165) is 27.6 Å². The smallest absolute Gasteiger partial charge is 0.268 e. The Kier molecular flexibility index (Phi) is 5.05. The number of amides is 1. The second kappa shape index (κ2) is 7.40. The molecule has 0 spiro atoms. The number of nitrogens with one attached hydrogen (secondary N) is 1. The zero-order valence-corrected chi connectivity index (χ0v) is 14.3. The maximum absolute atomic E-state index is 12.4. The minimum Gasteiger partial charge on any atom is -0.497 e. The number of ether oxygens (including phenoxy) is 1. The number of carbonyl (C=O) groups excluding carboxylic acids is 1. The van der Waals surface area contributed by atoms with E-state index in [0.29, 0.717) is 6.42 Å². The molecular weight excluding hydrogens is 324 g/mol. The van der Waals surface area contributed by atoms with Crippen LogP contribution in [0, 0.1) is 0 Å². The molecule has 0 aromatic heterocycles. The van der Waals surface area contributed by atoms with Gasteiger partial charge >= 0.3 is 0 Å². The van der Waals surface area contributed by atoms with Crippen molar-refractivity contribution in [3.05, 3.63) is 54.1 Å². The Bertz CT molecular complexity index is 759. The Hall–Kier alpha value is -2.47. The van der Waals surface area contributed by atoms with Crippen molar-refractivity contribution >= 4 is 29.1 Å². The summed E-state index contributed by atoms with van der Waals surface area (Å²) in [7, 11) is 1.62. The average molecular weight is 342 g/mol. The third kappa shape index (κ3) is 3.54. The van der Waals surface area contributed by atoms with Gasteiger partial charge in [-0.05, 0) is 48.2 Å². The minimum absolute atomic E-state index is 0.191. The van der Waals surface area contributed by atoms with Gasteiger partial charge < -0.3 is 14.9 Å². The van der Waals surface area contributed by atoms with Crippen molar-refractivity contribution in [3.63, 3.8) is 0 Å². The molecule has 24 heavy (non-hydrogen) atoms. The maximum Gasteiger partial charge on any atom is 0.268 e. The van der Waals surface area contributed by atoms with E-state index in [1.165, 1.54) is 0 Å². The van der Waals surface area contributed by atoms with E-state index in [-0.39, 0.29) is 5.91 Å². The topological polar surface area (TPSA) is 59.9 Å². The molecule has 5 nitrogen and oxygen atoms in total. The van der Waals surface area contributed by atoms with Gasteiger partial charge in [-0.3, -0.25) is 4.79 Å². The van der Waals surface area contributed by atoms with Gasteiger partial charge in [0.1, 0.15) is 5.75 Å². The second-order valence-corrected chi connectivity index (χ2v) is 6.10. The quantitative estimate of drug-likeness (QED) is 0.844. The largest absolute Gasteiger partial charge is 0.497 e. The molecular formula is C18H18N2O3S. The third-order valence-corrected chi connectivity index (χ3v) is 4.55. The van der Waals surface area contributed by atoms with Gasteiger partial charge in [-0.2, -0.15) is 0 Å². The van der Waals surface area contributed by atoms with Crippen LogP contribution in [-0.2, 0) is 9.63 Å². The highest BCUT2D eigenvalue weighted by atomic mass is 32.2. The van der Waals surface area contributed by atoms with E-state index in [4.69, 9.17) is 9.57 Å². The molecule has 1 amide bonds. The molecule has 0 saturated carbocycles. The van der Waals surface area contributed by atoms with Gasteiger partial charge in [0.25, 0.3) is 5.91 Å². The molecule has 0 aliphatic carbocycles. The van der Waals surface area contributed by atoms with Crippen LogP contribution in [0.25, 0.3) is 0 Å². The summed E-state index contributed by atoms with van der Waals surface area (Å²) in [4.78, 5) is 18.8. The lowest BCUT2D eigenvalue weighted by Gasteiger charge is -2.12. The number of anilines is 1. The fourth-order valence-electron chi connectivity index (χ4n) is 2.43. The number of hydrogen-bond acceptors (Lipinski definition) is 5. The molecule has 0 fully saturated rings. The van der Waals surface area contributed by atoms with Gasteiger partial charge in [0.15, 0.2) is 0 Å². The number of carbonyl (C=O) groups is 1. The maximum atomic E-state index is 12.4. The number of para-hydroxylation sites is 1. The molecule has 2 aromatic carbocycles. The van der Waals surface area contributed by atoms with Crippen molar-refractivity contribution in [1.29, 1.82) is 0 Å². The third-order valence-electron chi connectivity index (χ3n) is 3.75. The van der Waals surface area contributed by atoms with Crippen LogP contribution in [0.5, 0.6) is 5.75 Å². The summed E-state index contributed by atoms with van der Waals surface area (Å²) in [5, 5.41) is 6.97. The van der Waals surface area contributed by atoms with Crippen molar-refractivity contribution in [1.82, 2.24) is 0 Å². The summed E-state index contributed by atoms with van der Waals surface area (Å²) in [6.07, 6.45) is 1.80. The summed E-state index contributed by atoms with van der Waals surface area (Å²) in [6, 6.07) is 15.2. The molecule has 1 unspecified atom stereocenters. The van der Waals surface area contributed by atoms with Crippen molar-refractivity contribution in [2.24, 2.45) is 5.16 Å². The molecule has 1 aliphatic heterocycles. The van der Waals surface area contributed by atoms with E-state index < -0.39 is 6.10 Å². The predicted molar refractivity (Wildman–Crippen MR) is 95.9 cm³/mol. The van der Waals surface area contributed by atoms with Crippen LogP contribution < -0.4 is 10.1 Å². The van der Waals surface area contributed by atoms with Gasteiger partial charge in [-0.1, -0.05) is 17.3 Å². The number of rotatable bonds is 5. The first-order valence-electron chi connectivity index (χ1n) is 7.52. The van der Waals surface area contributed by atoms with Crippen molar-refractivity contribution in [3.8, 4) is 5.75 Å². The van der Waals surface area contributed by atoms with Crippen LogP contribution in [0.2, 0.25) is 0 Å². The second-order valence-electron chi connectivity index (χ2n) is 5.25. The molecule has 124 valence electrons. The van der Waals surface area contributed by atoms with Crippen molar-refractivity contribution < 1.29 is 14.4 Å². The highest BCUT2D eigenvalue weighted by Gasteiger charge is 2.29. The Morgan fingerprint density at radius 2 is 2.00 bits per heavy atom. The molecule has 0 saturated heterocycles. The summed E-state index contributed by atoms with van der Waals surface area (Å²) in [5.74, 6) is 0.588. The summed E-state index contributed by atoms with van der Waals surface area (Å²) >= 11 is 1.58. The fourth-order valence-corrected chi connectivity index (χ4v) is 2.99. The summed E-state index contributed by atoms with van der Waals surface area (Å²) in [6.45, 7) is 0. The van der Waals surface area contributed by atoms with Gasteiger partial charge in [-0.25, -0.2) is 0 Å². The Morgan fingerprint density at radius 1 is 1.25 bits per heavy atom. The highest BCUT2D eigenvalue weighted by molar-refractivity contribution is 7.98. The monoisotopic (exact) mass is 342 g/mol. The molecule has 0 radical (unpaired) electrons. The molecule has 1 atom stereocenters. The molecule has 6 heteroatoms. The minimum atomic E-state index is -0.614. The normalized spacial score (nSPS) is 16.2. The molecule has 0 bridgehead atoms. The lowest BCUT2D eigenvalue weighted by atomic mass is 10.0. The van der Waals surface area contributed by atoms with E-state index >= 15 is 0 Å². The zero-order valence-electron chi connectivity index (χ0n) is 13.5. The van der Waals surface area contributed by atoms with E-state index in [9.17, 15) is 4.79 Å². The van der Waals surface area contributed by atoms with Gasteiger partial charge in [0.2, 0.25) is 6.10 Å². The van der Waals surface area contributed by atoms with Crippen LogP contribution in [0.15, 0.2) is 58.6 Å². The lowest BCUT2D eigenvalue weighted by molar-refractivity contribution is -0.125. The van der Waals surface area contributed by atoms with Crippen LogP contribution >= 0.6 is 11.8 Å². The lowest BCUT2D eigenvalue weighted by Crippen LogP contribution is -2.28. The van der Waals surface area contributed by atoms with Gasteiger partial charge in [0.05, 0.1) is 18.5 Å². The molecule has 1 N–H and O–H groups in total. The molecule has 1 aliphatic rings. The SMILES string of the molecule is COc1ccc(C2=NOC(C(=O)Nc3ccccc3SC)C2)cc1. The van der Waals surface area contributed by atoms with Gasteiger partial charge in [-0.15, -0.1) is 11.8 Å². The standard InChI is InChI=1S/C18H18N2O3S/c1-22-13-9-7-12(8-10-13)15-11-16(23-20-15)18(21)19-14-5-3-4-6-17(14)24-2/h3-10,16H,11H2,1-2H3,(H,19,21). The first kappa shape index (κ1) is 16.4. The molecule has 1 heterocycles. The van der Waals surface area contributed by atoms with Crippen molar-refractivity contribution in [2.45, 2.75) is 17.4 Å². The molecule has 2 aromatic rings. The van der Waals surface area contributed by atoms with E-state index in [1.54, 1.807) is 18.9 Å². The highest BCUT2D eigenvalue weighted by Crippen LogP contribution is 2.26. The van der Waals surface area contributed by atoms with E-state index in [1.807, 2.05) is 54.8 Å². The number of benzene rings is 2. The first-order chi connectivity index (χ1) is 11.7. The number of thioether (sulfide) groups is 1. The number of nitrogens with zero attached hydrogens (tertiary/aromatic N) is 1. The number of oxime groups is 1. The van der Waals surface area contributed by atoms with Crippen LogP contribution in [0.4, 0.5) is 5.69 Å². The van der Waals surface area contributed by atoms with Crippen LogP contribution in [0.3, 0.4) is 0 Å². The van der Waals surface area contributed by atoms with Crippen LogP contribution in [-0.4, -0.2) is 31.1 Å². The predicted octanol–water partition coefficient (Wildman–Crippen LogP) is 3.55. The number of methoxy groups -OCH3 is 1. The average Bonchev–Trinajstić information content (AvgIpc) is 3.12. The van der Waals surface area contributed by atoms with Crippen LogP contribution in [0.1, 0.15) is 12.0 Å². The molecule has 3 rings (SSSR count). The Morgan fingerprint density at radius 3 is 2.71 bits per heavy atom. The van der Waals surface area contributed by atoms with Crippen molar-refractivity contribution in [2.75, 3.05) is 18.7 Å². The Labute approximate surface area is 145 Å². The fraction of sp³-hybridized carbons (Fsp3) is 0.222. The summed E-state index contributed by atoms with van der Waals surface area (Å²) in [5.41, 5.74) is 2.48. The summed E-state index contributed by atoms with van der Waals surface area (Å²) < 4.78 is 5.14. The first-order valence-corrected chi connectivity index (χ1v) is 8.74. The Balaban J connectivity index is 1.64. The zero-order chi connectivity index (χ0) is 16.9. The number of hydrogen-bond donors (Lipinski definition) is 1. The van der Waals surface area contributed by atoms with E-state index in [2.05, 4.69) is 10.5 Å².